The third-order valence-electron chi connectivity index (χ3n) is 2.86. The van der Waals surface area contributed by atoms with Gasteiger partial charge in [0.05, 0.1) is 10.5 Å². The van der Waals surface area contributed by atoms with Crippen LogP contribution in [0.1, 0.15) is 24.2 Å². The molecule has 0 fully saturated rings. The number of hydrogen-bond acceptors (Lipinski definition) is 4. The highest BCUT2D eigenvalue weighted by Crippen LogP contribution is 2.37. The van der Waals surface area contributed by atoms with Crippen molar-refractivity contribution < 1.29 is 17.9 Å². The van der Waals surface area contributed by atoms with Crippen LogP contribution in [-0.2, 0) is 9.84 Å². The molecule has 0 aromatic heterocycles. The Labute approximate surface area is 114 Å². The Kier molecular flexibility index (Phi) is 3.06. The predicted molar refractivity (Wildman–Crippen MR) is 71.3 cm³/mol. The van der Waals surface area contributed by atoms with E-state index >= 15 is 0 Å². The fourth-order valence-electron chi connectivity index (χ4n) is 1.81. The molecule has 1 aliphatic heterocycles. The first-order chi connectivity index (χ1) is 8.13. The van der Waals surface area contributed by atoms with Gasteiger partial charge in [0.25, 0.3) is 0 Å². The first-order valence-electron chi connectivity index (χ1n) is 5.34. The number of benzene rings is 1. The molecule has 1 unspecified atom stereocenters. The standard InChI is InChI=1S/C12H13BrO4S/c1-12(2)11(13)10(14)8-5-4-7(18(3,15)16)6-9(8)17-12/h4-6,11H,1-3H3. The molecule has 1 heterocycles. The van der Waals surface area contributed by atoms with Crippen LogP contribution in [0.25, 0.3) is 0 Å². The van der Waals surface area contributed by atoms with E-state index < -0.39 is 20.3 Å². The van der Waals surface area contributed by atoms with E-state index in [-0.39, 0.29) is 10.7 Å². The maximum atomic E-state index is 12.1. The van der Waals surface area contributed by atoms with E-state index in [9.17, 15) is 13.2 Å². The smallest absolute Gasteiger partial charge is 0.184 e. The highest BCUT2D eigenvalue weighted by Gasteiger charge is 2.41. The summed E-state index contributed by atoms with van der Waals surface area (Å²) in [4.78, 5) is 11.8. The highest BCUT2D eigenvalue weighted by molar-refractivity contribution is 9.10. The Balaban J connectivity index is 2.60. The first-order valence-corrected chi connectivity index (χ1v) is 8.15. The minimum atomic E-state index is -3.31. The second-order valence-corrected chi connectivity index (χ2v) is 7.79. The summed E-state index contributed by atoms with van der Waals surface area (Å²) in [7, 11) is -3.31. The zero-order chi connectivity index (χ0) is 13.7. The van der Waals surface area contributed by atoms with E-state index in [1.54, 1.807) is 13.8 Å². The average molecular weight is 333 g/mol. The minimum absolute atomic E-state index is 0.0960. The minimum Gasteiger partial charge on any atom is -0.485 e. The molecule has 0 saturated heterocycles. The quantitative estimate of drug-likeness (QED) is 0.740. The van der Waals surface area contributed by atoms with Gasteiger partial charge in [-0.1, -0.05) is 15.9 Å². The molecule has 0 N–H and O–H groups in total. The van der Waals surface area contributed by atoms with E-state index in [0.717, 1.165) is 6.26 Å². The topological polar surface area (TPSA) is 60.4 Å². The number of ether oxygens (including phenoxy) is 1. The third kappa shape index (κ3) is 2.19. The summed E-state index contributed by atoms with van der Waals surface area (Å²) in [6.45, 7) is 3.56. The molecular weight excluding hydrogens is 320 g/mol. The number of hydrogen-bond donors (Lipinski definition) is 0. The number of halogens is 1. The van der Waals surface area contributed by atoms with Crippen molar-refractivity contribution in [3.63, 3.8) is 0 Å². The Morgan fingerprint density at radius 1 is 1.33 bits per heavy atom. The summed E-state index contributed by atoms with van der Waals surface area (Å²) in [6.07, 6.45) is 1.12. The number of Topliss-reactive ketones (excluding diaryl/α,β-unsaturated/α-hetero) is 1. The van der Waals surface area contributed by atoms with E-state index in [1.807, 2.05) is 0 Å². The van der Waals surface area contributed by atoms with Crippen LogP contribution < -0.4 is 4.74 Å². The van der Waals surface area contributed by atoms with Gasteiger partial charge in [0.15, 0.2) is 15.6 Å². The van der Waals surface area contributed by atoms with Crippen LogP contribution in [-0.4, -0.2) is 30.9 Å². The Morgan fingerprint density at radius 3 is 2.50 bits per heavy atom. The summed E-state index contributed by atoms with van der Waals surface area (Å²) >= 11 is 3.31. The number of alkyl halides is 1. The van der Waals surface area contributed by atoms with Gasteiger partial charge in [-0.15, -0.1) is 0 Å². The third-order valence-corrected chi connectivity index (χ3v) is 5.49. The highest BCUT2D eigenvalue weighted by atomic mass is 79.9. The van der Waals surface area contributed by atoms with Gasteiger partial charge < -0.3 is 4.74 Å². The number of fused-ring (bicyclic) bond motifs is 1. The zero-order valence-corrected chi connectivity index (χ0v) is 12.6. The SMILES string of the molecule is CC1(C)Oc2cc(S(C)(=O)=O)ccc2C(=O)C1Br. The molecule has 6 heteroatoms. The van der Waals surface area contributed by atoms with Crippen LogP contribution in [0.15, 0.2) is 23.1 Å². The molecule has 1 aliphatic rings. The van der Waals surface area contributed by atoms with E-state index in [1.165, 1.54) is 18.2 Å². The van der Waals surface area contributed by atoms with Crippen molar-refractivity contribution in [3.05, 3.63) is 23.8 Å². The molecule has 1 atom stereocenters. The van der Waals surface area contributed by atoms with Gasteiger partial charge in [0.2, 0.25) is 0 Å². The van der Waals surface area contributed by atoms with Gasteiger partial charge in [-0.05, 0) is 32.0 Å². The molecule has 0 aliphatic carbocycles. The van der Waals surface area contributed by atoms with Gasteiger partial charge in [0, 0.05) is 6.26 Å². The Morgan fingerprint density at radius 2 is 1.94 bits per heavy atom. The second-order valence-electron chi connectivity index (χ2n) is 4.86. The average Bonchev–Trinajstić information content (AvgIpc) is 2.23. The van der Waals surface area contributed by atoms with Gasteiger partial charge in [-0.25, -0.2) is 8.42 Å². The molecule has 1 aromatic carbocycles. The van der Waals surface area contributed by atoms with Crippen LogP contribution in [0.5, 0.6) is 5.75 Å². The second kappa shape index (κ2) is 4.06. The van der Waals surface area contributed by atoms with Crippen LogP contribution >= 0.6 is 15.9 Å². The largest absolute Gasteiger partial charge is 0.485 e. The van der Waals surface area contributed by atoms with Gasteiger partial charge in [-0.2, -0.15) is 0 Å². The number of ketones is 1. The zero-order valence-electron chi connectivity index (χ0n) is 10.2. The predicted octanol–water partition coefficient (Wildman–Crippen LogP) is 2.21. The molecule has 18 heavy (non-hydrogen) atoms. The fourth-order valence-corrected chi connectivity index (χ4v) is 2.79. The monoisotopic (exact) mass is 332 g/mol. The van der Waals surface area contributed by atoms with E-state index in [4.69, 9.17) is 4.74 Å². The van der Waals surface area contributed by atoms with Crippen molar-refractivity contribution in [2.45, 2.75) is 29.2 Å². The molecule has 0 amide bonds. The van der Waals surface area contributed by atoms with Gasteiger partial charge >= 0.3 is 0 Å². The number of carbonyl (C=O) groups excluding carboxylic acids is 1. The maximum Gasteiger partial charge on any atom is 0.184 e. The number of rotatable bonds is 1. The number of sulfone groups is 1. The van der Waals surface area contributed by atoms with Crippen molar-refractivity contribution in [2.24, 2.45) is 0 Å². The summed E-state index contributed by atoms with van der Waals surface area (Å²) in [5.74, 6) is 0.227. The molecule has 0 bridgehead atoms. The lowest BCUT2D eigenvalue weighted by atomic mass is 9.93. The lowest BCUT2D eigenvalue weighted by molar-refractivity contribution is 0.0666. The van der Waals surface area contributed by atoms with Crippen LogP contribution in [0.3, 0.4) is 0 Å². The van der Waals surface area contributed by atoms with Gasteiger partial charge in [-0.3, -0.25) is 4.79 Å². The van der Waals surface area contributed by atoms with Crippen molar-refractivity contribution in [1.82, 2.24) is 0 Å². The molecule has 0 radical (unpaired) electrons. The van der Waals surface area contributed by atoms with Crippen molar-refractivity contribution in [1.29, 1.82) is 0 Å². The molecule has 2 rings (SSSR count). The van der Waals surface area contributed by atoms with Crippen molar-refractivity contribution in [3.8, 4) is 5.75 Å². The fraction of sp³-hybridized carbons (Fsp3) is 0.417. The van der Waals surface area contributed by atoms with Gasteiger partial charge in [0.1, 0.15) is 16.2 Å². The first kappa shape index (κ1) is 13.5. The molecule has 0 saturated carbocycles. The van der Waals surface area contributed by atoms with Crippen molar-refractivity contribution in [2.75, 3.05) is 6.26 Å². The van der Waals surface area contributed by atoms with Crippen molar-refractivity contribution >= 4 is 31.6 Å². The Bertz CT molecular complexity index is 619. The normalized spacial score (nSPS) is 22.2. The summed E-state index contributed by atoms with van der Waals surface area (Å²) < 4.78 is 28.7. The van der Waals surface area contributed by atoms with Crippen LogP contribution in [0.2, 0.25) is 0 Å². The lowest BCUT2D eigenvalue weighted by Crippen LogP contribution is -2.46. The molecule has 1 aromatic rings. The summed E-state index contributed by atoms with van der Waals surface area (Å²) in [5, 5.41) is 0. The number of carbonyl (C=O) groups is 1. The summed E-state index contributed by atoms with van der Waals surface area (Å²) in [5.41, 5.74) is -0.302. The van der Waals surface area contributed by atoms with E-state index in [0.29, 0.717) is 11.3 Å². The van der Waals surface area contributed by atoms with Crippen LogP contribution in [0, 0.1) is 0 Å². The van der Waals surface area contributed by atoms with E-state index in [2.05, 4.69) is 15.9 Å². The van der Waals surface area contributed by atoms with Crippen LogP contribution in [0.4, 0.5) is 0 Å². The maximum absolute atomic E-state index is 12.1. The molecular formula is C12H13BrO4S. The molecule has 4 nitrogen and oxygen atoms in total. The Hall–Kier alpha value is -0.880. The molecule has 0 spiro atoms. The lowest BCUT2D eigenvalue weighted by Gasteiger charge is -2.35. The summed E-state index contributed by atoms with van der Waals surface area (Å²) in [6, 6.07) is 4.33. The molecule has 98 valence electrons.